The lowest BCUT2D eigenvalue weighted by Crippen LogP contribution is -2.28. The summed E-state index contributed by atoms with van der Waals surface area (Å²) < 4.78 is 5.42. The van der Waals surface area contributed by atoms with Crippen LogP contribution in [0.25, 0.3) is 0 Å². The van der Waals surface area contributed by atoms with E-state index in [-0.39, 0.29) is 12.5 Å². The highest BCUT2D eigenvalue weighted by Gasteiger charge is 2.02. The molecule has 1 aromatic carbocycles. The number of unbranched alkanes of at least 4 members (excludes halogenated alkanes) is 1. The minimum Gasteiger partial charge on any atom is -0.367 e. The average molecular weight is 249 g/mol. The molecule has 0 spiro atoms. The van der Waals surface area contributed by atoms with Crippen LogP contribution in [-0.2, 0) is 16.1 Å². The van der Waals surface area contributed by atoms with Crippen LogP contribution in [0.2, 0.25) is 0 Å². The number of nitrogens with one attached hydrogen (secondary N) is 1. The molecule has 0 aliphatic carbocycles. The van der Waals surface area contributed by atoms with Crippen LogP contribution in [0.3, 0.4) is 0 Å². The smallest absolute Gasteiger partial charge is 0.246 e. The van der Waals surface area contributed by atoms with Gasteiger partial charge in [-0.05, 0) is 31.4 Å². The van der Waals surface area contributed by atoms with E-state index >= 15 is 0 Å². The van der Waals surface area contributed by atoms with E-state index in [1.165, 1.54) is 11.1 Å². The van der Waals surface area contributed by atoms with Crippen LogP contribution >= 0.6 is 0 Å². The zero-order valence-corrected chi connectivity index (χ0v) is 11.6. The predicted octanol–water partition coefficient (Wildman–Crippen LogP) is 2.74. The van der Waals surface area contributed by atoms with Crippen LogP contribution in [0.15, 0.2) is 18.2 Å². The molecule has 0 saturated carbocycles. The Kier molecular flexibility index (Phi) is 6.44. The van der Waals surface area contributed by atoms with Crippen molar-refractivity contribution in [1.82, 2.24) is 5.32 Å². The van der Waals surface area contributed by atoms with Gasteiger partial charge in [0.25, 0.3) is 0 Å². The Morgan fingerprint density at radius 2 is 2.11 bits per heavy atom. The van der Waals surface area contributed by atoms with Crippen molar-refractivity contribution in [2.75, 3.05) is 13.2 Å². The Balaban J connectivity index is 2.26. The van der Waals surface area contributed by atoms with Gasteiger partial charge < -0.3 is 10.1 Å². The predicted molar refractivity (Wildman–Crippen MR) is 73.5 cm³/mol. The second-order valence-corrected chi connectivity index (χ2v) is 4.63. The van der Waals surface area contributed by atoms with Gasteiger partial charge in [0.2, 0.25) is 5.91 Å². The fourth-order valence-electron chi connectivity index (χ4n) is 1.72. The normalized spacial score (nSPS) is 10.4. The van der Waals surface area contributed by atoms with E-state index in [0.717, 1.165) is 24.9 Å². The molecule has 0 aromatic heterocycles. The van der Waals surface area contributed by atoms with E-state index in [9.17, 15) is 4.79 Å². The molecule has 0 bridgehead atoms. The number of hydrogen-bond donors (Lipinski definition) is 1. The van der Waals surface area contributed by atoms with Gasteiger partial charge in [-0.25, -0.2) is 0 Å². The van der Waals surface area contributed by atoms with Crippen LogP contribution in [-0.4, -0.2) is 19.1 Å². The molecule has 1 rings (SSSR count). The molecular formula is C15H23NO2. The lowest BCUT2D eigenvalue weighted by molar-refractivity contribution is -0.126. The lowest BCUT2D eigenvalue weighted by Gasteiger charge is -2.08. The molecule has 18 heavy (non-hydrogen) atoms. The topological polar surface area (TPSA) is 38.3 Å². The third-order valence-corrected chi connectivity index (χ3v) is 2.84. The molecule has 1 N–H and O–H groups in total. The molecule has 0 aliphatic rings. The van der Waals surface area contributed by atoms with E-state index in [1.807, 2.05) is 0 Å². The zero-order chi connectivity index (χ0) is 13.4. The van der Waals surface area contributed by atoms with Crippen molar-refractivity contribution in [3.05, 3.63) is 34.9 Å². The average Bonchev–Trinajstić information content (AvgIpc) is 2.32. The summed E-state index contributed by atoms with van der Waals surface area (Å²) in [6.45, 7) is 7.60. The maximum atomic E-state index is 11.4. The molecule has 0 aliphatic heterocycles. The van der Waals surface area contributed by atoms with Gasteiger partial charge in [0.1, 0.15) is 6.61 Å². The molecule has 0 atom stereocenters. The largest absolute Gasteiger partial charge is 0.367 e. The van der Waals surface area contributed by atoms with Gasteiger partial charge in [-0.1, -0.05) is 37.1 Å². The van der Waals surface area contributed by atoms with Crippen LogP contribution in [0.4, 0.5) is 0 Å². The number of rotatable bonds is 7. The maximum absolute atomic E-state index is 11.4. The number of ether oxygens (including phenoxy) is 1. The quantitative estimate of drug-likeness (QED) is 0.755. The monoisotopic (exact) mass is 249 g/mol. The second kappa shape index (κ2) is 7.88. The summed E-state index contributed by atoms with van der Waals surface area (Å²) in [5, 5.41) is 2.83. The number of aryl methyl sites for hydroxylation is 2. The zero-order valence-electron chi connectivity index (χ0n) is 11.6. The highest BCUT2D eigenvalue weighted by atomic mass is 16.5. The summed E-state index contributed by atoms with van der Waals surface area (Å²) in [4.78, 5) is 11.4. The fraction of sp³-hybridized carbons (Fsp3) is 0.533. The lowest BCUT2D eigenvalue weighted by atomic mass is 10.1. The molecule has 0 fully saturated rings. The Morgan fingerprint density at radius 3 is 2.78 bits per heavy atom. The van der Waals surface area contributed by atoms with Gasteiger partial charge in [0.15, 0.2) is 0 Å². The summed E-state index contributed by atoms with van der Waals surface area (Å²) in [5.41, 5.74) is 3.59. The second-order valence-electron chi connectivity index (χ2n) is 4.63. The Labute approximate surface area is 110 Å². The van der Waals surface area contributed by atoms with Crippen LogP contribution in [0.5, 0.6) is 0 Å². The van der Waals surface area contributed by atoms with Crippen molar-refractivity contribution in [3.8, 4) is 0 Å². The number of amides is 1. The number of hydrogen-bond acceptors (Lipinski definition) is 2. The summed E-state index contributed by atoms with van der Waals surface area (Å²) in [6, 6.07) is 6.24. The highest BCUT2D eigenvalue weighted by Crippen LogP contribution is 2.11. The first-order chi connectivity index (χ1) is 8.63. The molecule has 0 saturated heterocycles. The summed E-state index contributed by atoms with van der Waals surface area (Å²) >= 11 is 0. The molecule has 3 nitrogen and oxygen atoms in total. The van der Waals surface area contributed by atoms with Crippen LogP contribution in [0, 0.1) is 13.8 Å². The molecule has 100 valence electrons. The minimum atomic E-state index is -0.0341. The first-order valence-electron chi connectivity index (χ1n) is 6.54. The number of benzene rings is 1. The molecular weight excluding hydrogens is 226 g/mol. The number of carbonyl (C=O) groups is 1. The molecule has 1 aromatic rings. The molecule has 1 amide bonds. The molecule has 0 radical (unpaired) electrons. The number of carbonyl (C=O) groups excluding carboxylic acids is 1. The third-order valence-electron chi connectivity index (χ3n) is 2.84. The maximum Gasteiger partial charge on any atom is 0.246 e. The molecule has 0 heterocycles. The van der Waals surface area contributed by atoms with Crippen molar-refractivity contribution in [2.24, 2.45) is 0 Å². The summed E-state index contributed by atoms with van der Waals surface area (Å²) in [6.07, 6.45) is 2.10. The standard InChI is InChI=1S/C15H23NO2/c1-4-5-8-16-15(17)11-18-10-14-7-6-12(2)9-13(14)3/h6-7,9H,4-5,8,10-11H2,1-3H3,(H,16,17). The van der Waals surface area contributed by atoms with Crippen molar-refractivity contribution >= 4 is 5.91 Å². The van der Waals surface area contributed by atoms with Crippen LogP contribution in [0.1, 0.15) is 36.5 Å². The third kappa shape index (κ3) is 5.32. The van der Waals surface area contributed by atoms with Gasteiger partial charge in [0.05, 0.1) is 6.61 Å². The van der Waals surface area contributed by atoms with Crippen LogP contribution < -0.4 is 5.32 Å². The van der Waals surface area contributed by atoms with Crippen molar-refractivity contribution in [1.29, 1.82) is 0 Å². The van der Waals surface area contributed by atoms with Gasteiger partial charge in [-0.2, -0.15) is 0 Å². The van der Waals surface area contributed by atoms with Gasteiger partial charge in [0, 0.05) is 6.54 Å². The molecule has 3 heteroatoms. The Morgan fingerprint density at radius 1 is 1.33 bits per heavy atom. The van der Waals surface area contributed by atoms with Crippen molar-refractivity contribution in [3.63, 3.8) is 0 Å². The first kappa shape index (κ1) is 14.7. The van der Waals surface area contributed by atoms with E-state index in [4.69, 9.17) is 4.74 Å². The van der Waals surface area contributed by atoms with Crippen molar-refractivity contribution in [2.45, 2.75) is 40.2 Å². The van der Waals surface area contributed by atoms with Crippen molar-refractivity contribution < 1.29 is 9.53 Å². The minimum absolute atomic E-state index is 0.0341. The van der Waals surface area contributed by atoms with E-state index in [0.29, 0.717) is 6.61 Å². The van der Waals surface area contributed by atoms with E-state index in [2.05, 4.69) is 44.3 Å². The molecule has 0 unspecified atom stereocenters. The van der Waals surface area contributed by atoms with Gasteiger partial charge in [-0.3, -0.25) is 4.79 Å². The van der Waals surface area contributed by atoms with Gasteiger partial charge >= 0.3 is 0 Å². The fourth-order valence-corrected chi connectivity index (χ4v) is 1.72. The summed E-state index contributed by atoms with van der Waals surface area (Å²) in [7, 11) is 0. The van der Waals surface area contributed by atoms with Gasteiger partial charge in [-0.15, -0.1) is 0 Å². The summed E-state index contributed by atoms with van der Waals surface area (Å²) in [5.74, 6) is -0.0341. The Hall–Kier alpha value is -1.35. The highest BCUT2D eigenvalue weighted by molar-refractivity contribution is 5.77. The van der Waals surface area contributed by atoms with E-state index in [1.54, 1.807) is 0 Å². The first-order valence-corrected chi connectivity index (χ1v) is 6.54. The Bertz CT molecular complexity index is 388. The van der Waals surface area contributed by atoms with E-state index < -0.39 is 0 Å². The SMILES string of the molecule is CCCCNC(=O)COCc1ccc(C)cc1C.